The average molecular weight is 243 g/mol. The van der Waals surface area contributed by atoms with E-state index in [1.54, 1.807) is 0 Å². The molecular formula is C13H29N3O. The standard InChI is InChI=1S/C13H29N3O/c1-6-13(4,10-14)16(5)9-12(17)15-8-7-11(2)3/h11H,6-10,14H2,1-5H3,(H,15,17). The maximum absolute atomic E-state index is 11.7. The lowest BCUT2D eigenvalue weighted by Gasteiger charge is -2.36. The third kappa shape index (κ3) is 6.03. The van der Waals surface area contributed by atoms with Gasteiger partial charge in [-0.05, 0) is 32.7 Å². The van der Waals surface area contributed by atoms with Crippen LogP contribution in [0.4, 0.5) is 0 Å². The summed E-state index contributed by atoms with van der Waals surface area (Å²) in [6, 6.07) is 0. The number of carbonyl (C=O) groups excluding carboxylic acids is 1. The van der Waals surface area contributed by atoms with Crippen LogP contribution in [-0.4, -0.2) is 43.0 Å². The van der Waals surface area contributed by atoms with Gasteiger partial charge in [-0.3, -0.25) is 9.69 Å². The quantitative estimate of drug-likeness (QED) is 0.673. The zero-order valence-electron chi connectivity index (χ0n) is 12.0. The largest absolute Gasteiger partial charge is 0.355 e. The lowest BCUT2D eigenvalue weighted by atomic mass is 9.97. The van der Waals surface area contributed by atoms with Crippen LogP contribution in [0.1, 0.15) is 40.5 Å². The van der Waals surface area contributed by atoms with E-state index in [4.69, 9.17) is 5.73 Å². The molecule has 0 aromatic carbocycles. The van der Waals surface area contributed by atoms with Gasteiger partial charge in [0.25, 0.3) is 0 Å². The molecule has 0 radical (unpaired) electrons. The molecule has 17 heavy (non-hydrogen) atoms. The number of amides is 1. The molecule has 0 aromatic heterocycles. The molecule has 4 nitrogen and oxygen atoms in total. The van der Waals surface area contributed by atoms with E-state index in [-0.39, 0.29) is 11.4 Å². The predicted octanol–water partition coefficient (Wildman–Crippen LogP) is 1.21. The van der Waals surface area contributed by atoms with Gasteiger partial charge in [0, 0.05) is 18.6 Å². The minimum absolute atomic E-state index is 0.0845. The van der Waals surface area contributed by atoms with Crippen molar-refractivity contribution >= 4 is 5.91 Å². The first-order valence-corrected chi connectivity index (χ1v) is 6.53. The summed E-state index contributed by atoms with van der Waals surface area (Å²) in [4.78, 5) is 13.8. The van der Waals surface area contributed by atoms with E-state index in [1.165, 1.54) is 0 Å². The van der Waals surface area contributed by atoms with Gasteiger partial charge in [0.2, 0.25) is 5.91 Å². The number of nitrogens with zero attached hydrogens (tertiary/aromatic N) is 1. The van der Waals surface area contributed by atoms with Crippen LogP contribution < -0.4 is 11.1 Å². The number of carbonyl (C=O) groups is 1. The van der Waals surface area contributed by atoms with E-state index in [0.717, 1.165) is 19.4 Å². The second-order valence-electron chi connectivity index (χ2n) is 5.44. The van der Waals surface area contributed by atoms with Gasteiger partial charge in [-0.1, -0.05) is 20.8 Å². The second-order valence-corrected chi connectivity index (χ2v) is 5.44. The summed E-state index contributed by atoms with van der Waals surface area (Å²) in [6.07, 6.45) is 1.97. The van der Waals surface area contributed by atoms with Crippen molar-refractivity contribution in [3.05, 3.63) is 0 Å². The summed E-state index contributed by atoms with van der Waals surface area (Å²) < 4.78 is 0. The molecule has 0 aliphatic rings. The molecule has 0 rings (SSSR count). The summed E-state index contributed by atoms with van der Waals surface area (Å²) in [5.74, 6) is 0.708. The molecule has 102 valence electrons. The Morgan fingerprint density at radius 2 is 2.06 bits per heavy atom. The van der Waals surface area contributed by atoms with E-state index >= 15 is 0 Å². The Morgan fingerprint density at radius 1 is 1.47 bits per heavy atom. The molecule has 3 N–H and O–H groups in total. The fraction of sp³-hybridized carbons (Fsp3) is 0.923. The highest BCUT2D eigenvalue weighted by Crippen LogP contribution is 2.15. The Kier molecular flexibility index (Phi) is 7.39. The minimum atomic E-state index is -0.0879. The fourth-order valence-corrected chi connectivity index (χ4v) is 1.53. The topological polar surface area (TPSA) is 58.4 Å². The smallest absolute Gasteiger partial charge is 0.234 e. The number of nitrogens with one attached hydrogen (secondary N) is 1. The highest BCUT2D eigenvalue weighted by atomic mass is 16.2. The maximum Gasteiger partial charge on any atom is 0.234 e. The van der Waals surface area contributed by atoms with Crippen molar-refractivity contribution in [2.75, 3.05) is 26.7 Å². The summed E-state index contributed by atoms with van der Waals surface area (Å²) in [6.45, 7) is 10.2. The minimum Gasteiger partial charge on any atom is -0.355 e. The number of hydrogen-bond donors (Lipinski definition) is 2. The number of likely N-dealkylation sites (N-methyl/N-ethyl adjacent to an activating group) is 1. The summed E-state index contributed by atoms with van der Waals surface area (Å²) in [5, 5.41) is 2.94. The zero-order valence-corrected chi connectivity index (χ0v) is 12.0. The van der Waals surface area contributed by atoms with Gasteiger partial charge >= 0.3 is 0 Å². The second kappa shape index (κ2) is 7.67. The molecule has 0 aliphatic heterocycles. The summed E-state index contributed by atoms with van der Waals surface area (Å²) in [5.41, 5.74) is 5.67. The average Bonchev–Trinajstić information content (AvgIpc) is 2.27. The predicted molar refractivity (Wildman–Crippen MR) is 72.8 cm³/mol. The van der Waals surface area contributed by atoms with Crippen molar-refractivity contribution in [2.45, 2.75) is 46.1 Å². The van der Waals surface area contributed by atoms with Crippen molar-refractivity contribution in [3.8, 4) is 0 Å². The van der Waals surface area contributed by atoms with Crippen LogP contribution in [0, 0.1) is 5.92 Å². The van der Waals surface area contributed by atoms with Crippen LogP contribution in [0.25, 0.3) is 0 Å². The molecule has 0 aliphatic carbocycles. The van der Waals surface area contributed by atoms with Crippen LogP contribution in [0.3, 0.4) is 0 Å². The molecule has 0 heterocycles. The highest BCUT2D eigenvalue weighted by Gasteiger charge is 2.26. The van der Waals surface area contributed by atoms with E-state index in [2.05, 4.69) is 33.0 Å². The maximum atomic E-state index is 11.7. The van der Waals surface area contributed by atoms with Crippen LogP contribution in [0.2, 0.25) is 0 Å². The number of nitrogens with two attached hydrogens (primary N) is 1. The van der Waals surface area contributed by atoms with E-state index in [1.807, 2.05) is 11.9 Å². The van der Waals surface area contributed by atoms with Gasteiger partial charge in [0.15, 0.2) is 0 Å². The van der Waals surface area contributed by atoms with Gasteiger partial charge in [-0.2, -0.15) is 0 Å². The number of hydrogen-bond acceptors (Lipinski definition) is 3. The Hall–Kier alpha value is -0.610. The van der Waals surface area contributed by atoms with Crippen molar-refractivity contribution in [1.82, 2.24) is 10.2 Å². The van der Waals surface area contributed by atoms with Gasteiger partial charge in [0.1, 0.15) is 0 Å². The third-order valence-corrected chi connectivity index (χ3v) is 3.55. The molecular weight excluding hydrogens is 214 g/mol. The molecule has 0 saturated carbocycles. The molecule has 0 fully saturated rings. The van der Waals surface area contributed by atoms with Gasteiger partial charge in [0.05, 0.1) is 6.54 Å². The van der Waals surface area contributed by atoms with Crippen LogP contribution >= 0.6 is 0 Å². The third-order valence-electron chi connectivity index (χ3n) is 3.55. The first kappa shape index (κ1) is 16.4. The first-order valence-electron chi connectivity index (χ1n) is 6.53. The van der Waals surface area contributed by atoms with Crippen molar-refractivity contribution in [2.24, 2.45) is 11.7 Å². The molecule has 4 heteroatoms. The van der Waals surface area contributed by atoms with Crippen molar-refractivity contribution in [3.63, 3.8) is 0 Å². The van der Waals surface area contributed by atoms with Gasteiger partial charge in [-0.15, -0.1) is 0 Å². The van der Waals surface area contributed by atoms with Crippen molar-refractivity contribution in [1.29, 1.82) is 0 Å². The zero-order chi connectivity index (χ0) is 13.5. The molecule has 1 atom stereocenters. The molecule has 0 aromatic rings. The molecule has 0 saturated heterocycles. The van der Waals surface area contributed by atoms with Gasteiger partial charge in [-0.25, -0.2) is 0 Å². The van der Waals surface area contributed by atoms with E-state index < -0.39 is 0 Å². The van der Waals surface area contributed by atoms with Crippen LogP contribution in [0.15, 0.2) is 0 Å². The summed E-state index contributed by atoms with van der Waals surface area (Å²) in [7, 11) is 1.96. The van der Waals surface area contributed by atoms with E-state index in [9.17, 15) is 4.79 Å². The Balaban J connectivity index is 4.03. The Morgan fingerprint density at radius 3 is 2.47 bits per heavy atom. The van der Waals surface area contributed by atoms with Gasteiger partial charge < -0.3 is 11.1 Å². The molecule has 0 spiro atoms. The normalized spacial score (nSPS) is 15.1. The molecule has 1 amide bonds. The SMILES string of the molecule is CCC(C)(CN)N(C)CC(=O)NCCC(C)C. The molecule has 0 bridgehead atoms. The Labute approximate surface area is 106 Å². The van der Waals surface area contributed by atoms with Crippen molar-refractivity contribution < 1.29 is 4.79 Å². The molecule has 1 unspecified atom stereocenters. The number of rotatable bonds is 8. The van der Waals surface area contributed by atoms with E-state index in [0.29, 0.717) is 19.0 Å². The highest BCUT2D eigenvalue weighted by molar-refractivity contribution is 5.78. The first-order chi connectivity index (χ1) is 7.85. The summed E-state index contributed by atoms with van der Waals surface area (Å²) >= 11 is 0. The van der Waals surface area contributed by atoms with Crippen LogP contribution in [-0.2, 0) is 4.79 Å². The lowest BCUT2D eigenvalue weighted by molar-refractivity contribution is -0.123. The van der Waals surface area contributed by atoms with Crippen LogP contribution in [0.5, 0.6) is 0 Å². The fourth-order valence-electron chi connectivity index (χ4n) is 1.53. The Bertz CT molecular complexity index is 225. The monoisotopic (exact) mass is 243 g/mol. The lowest BCUT2D eigenvalue weighted by Crippen LogP contribution is -2.52.